The van der Waals surface area contributed by atoms with Crippen molar-refractivity contribution < 1.29 is 29.2 Å². The number of hydrogen-bond donors (Lipinski definition) is 2. The minimum Gasteiger partial charge on any atom is -0.394 e. The van der Waals surface area contributed by atoms with Gasteiger partial charge in [-0.15, -0.1) is 0 Å². The van der Waals surface area contributed by atoms with E-state index in [0.29, 0.717) is 13.2 Å². The number of rotatable bonds is 8. The summed E-state index contributed by atoms with van der Waals surface area (Å²) in [5.41, 5.74) is 1.97. The van der Waals surface area contributed by atoms with Crippen LogP contribution in [-0.4, -0.2) is 54.6 Å². The molecule has 1 heterocycles. The van der Waals surface area contributed by atoms with E-state index in [-0.39, 0.29) is 6.61 Å². The van der Waals surface area contributed by atoms with Crippen LogP contribution in [-0.2, 0) is 32.2 Å². The molecule has 0 radical (unpaired) electrons. The summed E-state index contributed by atoms with van der Waals surface area (Å²) in [6.45, 7) is 0.302. The van der Waals surface area contributed by atoms with E-state index in [1.54, 1.807) is 0 Å². The van der Waals surface area contributed by atoms with Crippen molar-refractivity contribution in [1.82, 2.24) is 0 Å². The molecule has 1 fully saturated rings. The SMILES string of the molecule is COC1O[C@H](CO)[C@H](O)[C@H](OCc2ccccc2)[C@H]1OCc1ccccc1. The number of methoxy groups -OCH3 is 1. The van der Waals surface area contributed by atoms with Crippen LogP contribution in [0, 0.1) is 0 Å². The maximum Gasteiger partial charge on any atom is 0.186 e. The standard InChI is InChI=1S/C21H26O6/c1-24-21-20(26-14-16-10-6-3-7-11-16)19(18(23)17(12-22)27-21)25-13-15-8-4-2-5-9-15/h2-11,17-23H,12-14H2,1H3/t17-,18+,19+,20-,21?/m1/s1. The van der Waals surface area contributed by atoms with Crippen molar-refractivity contribution in [2.24, 2.45) is 0 Å². The molecule has 3 rings (SSSR count). The molecule has 0 amide bonds. The smallest absolute Gasteiger partial charge is 0.186 e. The van der Waals surface area contributed by atoms with Crippen LogP contribution in [0.25, 0.3) is 0 Å². The molecule has 2 aromatic carbocycles. The Labute approximate surface area is 159 Å². The topological polar surface area (TPSA) is 77.4 Å². The fraction of sp³-hybridized carbons (Fsp3) is 0.429. The van der Waals surface area contributed by atoms with E-state index < -0.39 is 30.7 Å². The van der Waals surface area contributed by atoms with Gasteiger partial charge in [-0.05, 0) is 11.1 Å². The van der Waals surface area contributed by atoms with Crippen LogP contribution in [0.2, 0.25) is 0 Å². The highest BCUT2D eigenvalue weighted by Crippen LogP contribution is 2.28. The maximum atomic E-state index is 10.6. The van der Waals surface area contributed by atoms with Gasteiger partial charge in [0.05, 0.1) is 19.8 Å². The molecular weight excluding hydrogens is 348 g/mol. The van der Waals surface area contributed by atoms with Crippen LogP contribution >= 0.6 is 0 Å². The number of benzene rings is 2. The van der Waals surface area contributed by atoms with Gasteiger partial charge in [-0.2, -0.15) is 0 Å². The van der Waals surface area contributed by atoms with E-state index in [2.05, 4.69) is 0 Å². The largest absolute Gasteiger partial charge is 0.394 e. The van der Waals surface area contributed by atoms with Gasteiger partial charge >= 0.3 is 0 Å². The van der Waals surface area contributed by atoms with Crippen molar-refractivity contribution >= 4 is 0 Å². The number of hydrogen-bond acceptors (Lipinski definition) is 6. The maximum absolute atomic E-state index is 10.6. The molecule has 0 aromatic heterocycles. The summed E-state index contributed by atoms with van der Waals surface area (Å²) in [7, 11) is 1.50. The quantitative estimate of drug-likeness (QED) is 0.735. The van der Waals surface area contributed by atoms with E-state index in [4.69, 9.17) is 18.9 Å². The average molecular weight is 374 g/mol. The second-order valence-corrected chi connectivity index (χ2v) is 6.47. The first kappa shape index (κ1) is 19.9. The van der Waals surface area contributed by atoms with Gasteiger partial charge in [0, 0.05) is 7.11 Å². The van der Waals surface area contributed by atoms with Gasteiger partial charge in [-0.25, -0.2) is 0 Å². The van der Waals surface area contributed by atoms with Crippen molar-refractivity contribution in [3.8, 4) is 0 Å². The lowest BCUT2D eigenvalue weighted by atomic mass is 9.98. The van der Waals surface area contributed by atoms with Crippen LogP contribution in [0.4, 0.5) is 0 Å². The Morgan fingerprint density at radius 3 is 1.85 bits per heavy atom. The molecule has 6 heteroatoms. The molecule has 0 saturated carbocycles. The lowest BCUT2D eigenvalue weighted by Gasteiger charge is -2.43. The highest BCUT2D eigenvalue weighted by Gasteiger charge is 2.46. The lowest BCUT2D eigenvalue weighted by Crippen LogP contribution is -2.60. The lowest BCUT2D eigenvalue weighted by molar-refractivity contribution is -0.314. The first-order valence-corrected chi connectivity index (χ1v) is 9.01. The van der Waals surface area contributed by atoms with E-state index >= 15 is 0 Å². The van der Waals surface area contributed by atoms with Gasteiger partial charge in [-0.1, -0.05) is 60.7 Å². The molecule has 1 aliphatic rings. The summed E-state index contributed by atoms with van der Waals surface area (Å²) in [4.78, 5) is 0. The van der Waals surface area contributed by atoms with Crippen molar-refractivity contribution in [3.63, 3.8) is 0 Å². The minimum atomic E-state index is -1.04. The zero-order valence-electron chi connectivity index (χ0n) is 15.3. The highest BCUT2D eigenvalue weighted by molar-refractivity contribution is 5.14. The second kappa shape index (κ2) is 9.94. The Hall–Kier alpha value is -1.80. The Balaban J connectivity index is 1.73. The van der Waals surface area contributed by atoms with Crippen LogP contribution in [0.15, 0.2) is 60.7 Å². The van der Waals surface area contributed by atoms with Gasteiger partial charge in [0.1, 0.15) is 24.4 Å². The second-order valence-electron chi connectivity index (χ2n) is 6.47. The predicted octanol–water partition coefficient (Wildman–Crippen LogP) is 1.88. The Bertz CT molecular complexity index is 665. The molecule has 1 aliphatic heterocycles. The van der Waals surface area contributed by atoms with Gasteiger partial charge in [0.25, 0.3) is 0 Å². The highest BCUT2D eigenvalue weighted by atomic mass is 16.7. The number of ether oxygens (including phenoxy) is 4. The average Bonchev–Trinajstić information content (AvgIpc) is 2.73. The molecular formula is C21H26O6. The summed E-state index contributed by atoms with van der Waals surface area (Å²) in [6, 6.07) is 19.4. The monoisotopic (exact) mass is 374 g/mol. The van der Waals surface area contributed by atoms with Crippen LogP contribution in [0.5, 0.6) is 0 Å². The van der Waals surface area contributed by atoms with E-state index in [1.165, 1.54) is 7.11 Å². The third-order valence-electron chi connectivity index (χ3n) is 4.60. The molecule has 2 aromatic rings. The number of aliphatic hydroxyl groups is 2. The van der Waals surface area contributed by atoms with Crippen LogP contribution in [0.1, 0.15) is 11.1 Å². The number of aliphatic hydroxyl groups excluding tert-OH is 2. The molecule has 2 N–H and O–H groups in total. The fourth-order valence-electron chi connectivity index (χ4n) is 3.13. The first-order valence-electron chi connectivity index (χ1n) is 9.01. The third-order valence-corrected chi connectivity index (χ3v) is 4.60. The first-order chi connectivity index (χ1) is 13.2. The van der Waals surface area contributed by atoms with Crippen molar-refractivity contribution in [3.05, 3.63) is 71.8 Å². The van der Waals surface area contributed by atoms with E-state index in [0.717, 1.165) is 11.1 Å². The fourth-order valence-corrected chi connectivity index (χ4v) is 3.13. The Morgan fingerprint density at radius 1 is 0.852 bits per heavy atom. The summed E-state index contributed by atoms with van der Waals surface area (Å²) in [6.07, 6.45) is -3.94. The molecule has 0 aliphatic carbocycles. The van der Waals surface area contributed by atoms with Gasteiger partial charge in [0.15, 0.2) is 6.29 Å². The zero-order valence-corrected chi connectivity index (χ0v) is 15.3. The molecule has 1 unspecified atom stereocenters. The van der Waals surface area contributed by atoms with Gasteiger partial charge in [-0.3, -0.25) is 0 Å². The van der Waals surface area contributed by atoms with E-state index in [1.807, 2.05) is 60.7 Å². The molecule has 6 nitrogen and oxygen atoms in total. The van der Waals surface area contributed by atoms with Gasteiger partial charge < -0.3 is 29.2 Å². The molecule has 0 spiro atoms. The minimum absolute atomic E-state index is 0.308. The predicted molar refractivity (Wildman–Crippen MR) is 98.8 cm³/mol. The summed E-state index contributed by atoms with van der Waals surface area (Å²) in [5, 5.41) is 20.2. The van der Waals surface area contributed by atoms with Crippen LogP contribution in [0.3, 0.4) is 0 Å². The van der Waals surface area contributed by atoms with E-state index in [9.17, 15) is 10.2 Å². The van der Waals surface area contributed by atoms with Crippen molar-refractivity contribution in [2.45, 2.75) is 43.9 Å². The molecule has 0 bridgehead atoms. The Kier molecular flexibility index (Phi) is 7.34. The Morgan fingerprint density at radius 2 is 1.37 bits per heavy atom. The van der Waals surface area contributed by atoms with Crippen molar-refractivity contribution in [1.29, 1.82) is 0 Å². The summed E-state index contributed by atoms with van der Waals surface area (Å²) < 4.78 is 23.1. The molecule has 5 atom stereocenters. The summed E-state index contributed by atoms with van der Waals surface area (Å²) in [5.74, 6) is 0. The molecule has 27 heavy (non-hydrogen) atoms. The molecule has 1 saturated heterocycles. The normalized spacial score (nSPS) is 28.2. The van der Waals surface area contributed by atoms with Crippen LogP contribution < -0.4 is 0 Å². The molecule has 146 valence electrons. The summed E-state index contributed by atoms with van der Waals surface area (Å²) >= 11 is 0. The van der Waals surface area contributed by atoms with Gasteiger partial charge in [0.2, 0.25) is 0 Å². The van der Waals surface area contributed by atoms with Crippen molar-refractivity contribution in [2.75, 3.05) is 13.7 Å². The zero-order chi connectivity index (χ0) is 19.1. The third kappa shape index (κ3) is 5.13.